The second kappa shape index (κ2) is 5.73. The van der Waals surface area contributed by atoms with Crippen molar-refractivity contribution >= 4 is 5.91 Å². The minimum absolute atomic E-state index is 0.347. The number of aliphatic hydroxyl groups is 1. The van der Waals surface area contributed by atoms with Gasteiger partial charge < -0.3 is 10.4 Å². The summed E-state index contributed by atoms with van der Waals surface area (Å²) in [6.45, 7) is 6.60. The molecule has 0 saturated carbocycles. The first-order valence-electron chi connectivity index (χ1n) is 5.69. The van der Waals surface area contributed by atoms with Crippen molar-refractivity contribution in [2.75, 3.05) is 0 Å². The molecule has 0 radical (unpaired) electrons. The molecule has 0 aliphatic rings. The van der Waals surface area contributed by atoms with Crippen LogP contribution in [0.15, 0.2) is 12.2 Å². The summed E-state index contributed by atoms with van der Waals surface area (Å²) in [7, 11) is 0. The molecule has 0 aliphatic heterocycles. The Kier molecular flexibility index (Phi) is 5.40. The molecule has 1 amide bonds. The van der Waals surface area contributed by atoms with Gasteiger partial charge in [0.05, 0.1) is 6.42 Å². The van der Waals surface area contributed by atoms with E-state index in [-0.39, 0.29) is 0 Å². The Bertz CT molecular complexity index is 318. The van der Waals surface area contributed by atoms with E-state index in [0.29, 0.717) is 12.5 Å². The highest BCUT2D eigenvalue weighted by molar-refractivity contribution is 5.78. The van der Waals surface area contributed by atoms with E-state index in [4.69, 9.17) is 0 Å². The average molecular weight is 267 g/mol. The standard InChI is InChI=1S/C12H20F3NO2/c1-5-6-7-11(18,12(13,14)15)8-9(17)16-10(2,3)4/h6-7,18H,5,8H2,1-4H3,(H,16,17)/b7-6-. The van der Waals surface area contributed by atoms with Gasteiger partial charge in [-0.2, -0.15) is 13.2 Å². The van der Waals surface area contributed by atoms with Crippen molar-refractivity contribution in [2.24, 2.45) is 0 Å². The monoisotopic (exact) mass is 267 g/mol. The third kappa shape index (κ3) is 5.53. The van der Waals surface area contributed by atoms with Crippen LogP contribution in [0.2, 0.25) is 0 Å². The van der Waals surface area contributed by atoms with Crippen molar-refractivity contribution in [2.45, 2.75) is 57.9 Å². The molecule has 0 aromatic carbocycles. The lowest BCUT2D eigenvalue weighted by molar-refractivity contribution is -0.241. The zero-order valence-corrected chi connectivity index (χ0v) is 11.1. The van der Waals surface area contributed by atoms with Gasteiger partial charge in [0.1, 0.15) is 0 Å². The number of carbonyl (C=O) groups is 1. The van der Waals surface area contributed by atoms with Crippen molar-refractivity contribution < 1.29 is 23.1 Å². The van der Waals surface area contributed by atoms with Crippen molar-refractivity contribution in [3.63, 3.8) is 0 Å². The molecule has 0 rings (SSSR count). The molecule has 6 heteroatoms. The van der Waals surface area contributed by atoms with E-state index in [2.05, 4.69) is 5.32 Å². The minimum atomic E-state index is -4.88. The maximum atomic E-state index is 12.7. The summed E-state index contributed by atoms with van der Waals surface area (Å²) >= 11 is 0. The molecule has 106 valence electrons. The molecule has 0 spiro atoms. The molecule has 3 nitrogen and oxygen atoms in total. The SMILES string of the molecule is CC/C=C\C(O)(CC(=O)NC(C)(C)C)C(F)(F)F. The molecule has 0 aliphatic carbocycles. The Morgan fingerprint density at radius 1 is 1.28 bits per heavy atom. The van der Waals surface area contributed by atoms with Gasteiger partial charge in [0.2, 0.25) is 5.91 Å². The third-order valence-corrected chi connectivity index (χ3v) is 2.06. The molecular formula is C12H20F3NO2. The van der Waals surface area contributed by atoms with Crippen LogP contribution in [0.3, 0.4) is 0 Å². The lowest BCUT2D eigenvalue weighted by Crippen LogP contribution is -2.50. The second-order valence-corrected chi connectivity index (χ2v) is 5.21. The van der Waals surface area contributed by atoms with Gasteiger partial charge in [0.25, 0.3) is 0 Å². The molecule has 0 heterocycles. The van der Waals surface area contributed by atoms with E-state index < -0.39 is 29.6 Å². The Labute approximate surface area is 105 Å². The fraction of sp³-hybridized carbons (Fsp3) is 0.750. The van der Waals surface area contributed by atoms with Crippen molar-refractivity contribution in [1.82, 2.24) is 5.32 Å². The van der Waals surface area contributed by atoms with Crippen LogP contribution in [-0.2, 0) is 4.79 Å². The predicted octanol–water partition coefficient (Wildman–Crippen LogP) is 2.55. The maximum absolute atomic E-state index is 12.7. The molecule has 1 atom stereocenters. The predicted molar refractivity (Wildman–Crippen MR) is 62.9 cm³/mol. The van der Waals surface area contributed by atoms with Crippen LogP contribution in [0.1, 0.15) is 40.5 Å². The van der Waals surface area contributed by atoms with E-state index in [1.54, 1.807) is 27.7 Å². The van der Waals surface area contributed by atoms with Gasteiger partial charge in [-0.15, -0.1) is 0 Å². The van der Waals surface area contributed by atoms with Crippen LogP contribution in [0.4, 0.5) is 13.2 Å². The highest BCUT2D eigenvalue weighted by Crippen LogP contribution is 2.34. The quantitative estimate of drug-likeness (QED) is 0.769. The van der Waals surface area contributed by atoms with E-state index in [0.717, 1.165) is 0 Å². The molecule has 0 fully saturated rings. The van der Waals surface area contributed by atoms with E-state index in [1.165, 1.54) is 6.08 Å². The van der Waals surface area contributed by atoms with Gasteiger partial charge in [-0.3, -0.25) is 4.79 Å². The first-order valence-corrected chi connectivity index (χ1v) is 5.69. The van der Waals surface area contributed by atoms with Gasteiger partial charge in [0, 0.05) is 5.54 Å². The molecule has 0 saturated heterocycles. The highest BCUT2D eigenvalue weighted by Gasteiger charge is 2.53. The number of carbonyl (C=O) groups excluding carboxylic acids is 1. The number of halogens is 3. The summed E-state index contributed by atoms with van der Waals surface area (Å²) in [5, 5.41) is 12.0. The van der Waals surface area contributed by atoms with E-state index >= 15 is 0 Å². The first-order chi connectivity index (χ1) is 7.91. The Morgan fingerprint density at radius 2 is 1.78 bits per heavy atom. The van der Waals surface area contributed by atoms with Gasteiger partial charge >= 0.3 is 6.18 Å². The van der Waals surface area contributed by atoms with Crippen LogP contribution >= 0.6 is 0 Å². The van der Waals surface area contributed by atoms with Gasteiger partial charge in [0.15, 0.2) is 5.60 Å². The number of rotatable bonds is 4. The normalized spacial score (nSPS) is 16.7. The largest absolute Gasteiger partial charge is 0.421 e. The Hall–Kier alpha value is -1.04. The smallest absolute Gasteiger partial charge is 0.376 e. The van der Waals surface area contributed by atoms with Crippen LogP contribution in [0.25, 0.3) is 0 Å². The molecular weight excluding hydrogens is 247 g/mol. The summed E-state index contributed by atoms with van der Waals surface area (Å²) in [5.74, 6) is -0.844. The van der Waals surface area contributed by atoms with Crippen molar-refractivity contribution in [1.29, 1.82) is 0 Å². The molecule has 0 aromatic rings. The first kappa shape index (κ1) is 17.0. The number of allylic oxidation sites excluding steroid dienone is 1. The minimum Gasteiger partial charge on any atom is -0.376 e. The number of nitrogens with one attached hydrogen (secondary N) is 1. The molecule has 0 bridgehead atoms. The zero-order valence-electron chi connectivity index (χ0n) is 11.1. The molecule has 18 heavy (non-hydrogen) atoms. The fourth-order valence-corrected chi connectivity index (χ4v) is 1.27. The number of amides is 1. The van der Waals surface area contributed by atoms with Gasteiger partial charge in [-0.05, 0) is 33.3 Å². The topological polar surface area (TPSA) is 49.3 Å². The second-order valence-electron chi connectivity index (χ2n) is 5.21. The molecule has 1 unspecified atom stereocenters. The Morgan fingerprint density at radius 3 is 2.11 bits per heavy atom. The van der Waals surface area contributed by atoms with Crippen LogP contribution in [0.5, 0.6) is 0 Å². The summed E-state index contributed by atoms with van der Waals surface area (Å²) in [6, 6.07) is 0. The summed E-state index contributed by atoms with van der Waals surface area (Å²) < 4.78 is 38.2. The van der Waals surface area contributed by atoms with Crippen LogP contribution in [-0.4, -0.2) is 28.3 Å². The third-order valence-electron chi connectivity index (χ3n) is 2.06. The molecule has 0 aromatic heterocycles. The Balaban J connectivity index is 4.93. The number of hydrogen-bond donors (Lipinski definition) is 2. The van der Waals surface area contributed by atoms with E-state index in [1.807, 2.05) is 0 Å². The van der Waals surface area contributed by atoms with Gasteiger partial charge in [-0.25, -0.2) is 0 Å². The van der Waals surface area contributed by atoms with Gasteiger partial charge in [-0.1, -0.05) is 13.0 Å². The van der Waals surface area contributed by atoms with Crippen LogP contribution in [0, 0.1) is 0 Å². The summed E-state index contributed by atoms with van der Waals surface area (Å²) in [6.07, 6.45) is -3.75. The highest BCUT2D eigenvalue weighted by atomic mass is 19.4. The lowest BCUT2D eigenvalue weighted by atomic mass is 9.96. The van der Waals surface area contributed by atoms with Crippen molar-refractivity contribution in [3.8, 4) is 0 Å². The fourth-order valence-electron chi connectivity index (χ4n) is 1.27. The average Bonchev–Trinajstić information content (AvgIpc) is 2.09. The van der Waals surface area contributed by atoms with E-state index in [9.17, 15) is 23.1 Å². The summed E-state index contributed by atoms with van der Waals surface area (Å²) in [4.78, 5) is 11.5. The number of hydrogen-bond acceptors (Lipinski definition) is 2. The number of alkyl halides is 3. The van der Waals surface area contributed by atoms with Crippen LogP contribution < -0.4 is 5.32 Å². The molecule has 2 N–H and O–H groups in total. The van der Waals surface area contributed by atoms with Crippen molar-refractivity contribution in [3.05, 3.63) is 12.2 Å². The zero-order chi connectivity index (χ0) is 14.6. The lowest BCUT2D eigenvalue weighted by Gasteiger charge is -2.29. The summed E-state index contributed by atoms with van der Waals surface area (Å²) in [5.41, 5.74) is -3.75. The maximum Gasteiger partial charge on any atom is 0.421 e.